The Morgan fingerprint density at radius 1 is 1.77 bits per heavy atom. The van der Waals surface area contributed by atoms with Crippen LogP contribution in [0.3, 0.4) is 0 Å². The van der Waals surface area contributed by atoms with Crippen molar-refractivity contribution in [1.29, 1.82) is 0 Å². The van der Waals surface area contributed by atoms with E-state index in [4.69, 9.17) is 4.74 Å². The zero-order valence-electron chi connectivity index (χ0n) is 7.14. The van der Waals surface area contributed by atoms with Crippen LogP contribution in [-0.2, 0) is 14.3 Å². The normalized spacial score (nSPS) is 43.9. The molecule has 1 saturated heterocycles. The highest BCUT2D eigenvalue weighted by Crippen LogP contribution is 2.45. The number of fused-ring (bicyclic) bond motifs is 1. The smallest absolute Gasteiger partial charge is 0.340 e. The Kier molecular flexibility index (Phi) is 2.00. The molecule has 0 aromatic rings. The number of hydrogen-bond acceptors (Lipinski definition) is 4. The zero-order valence-corrected chi connectivity index (χ0v) is 7.14. The second kappa shape index (κ2) is 2.92. The lowest BCUT2D eigenvalue weighted by molar-refractivity contribution is -0.151. The minimum Gasteiger partial charge on any atom is -0.467 e. The van der Waals surface area contributed by atoms with Gasteiger partial charge < -0.3 is 14.6 Å². The number of esters is 1. The molecule has 1 N–H and O–H groups in total. The van der Waals surface area contributed by atoms with Gasteiger partial charge in [-0.05, 0) is 0 Å². The maximum atomic E-state index is 13.3. The van der Waals surface area contributed by atoms with E-state index in [1.807, 2.05) is 0 Å². The third kappa shape index (κ3) is 1.32. The van der Waals surface area contributed by atoms with Crippen LogP contribution in [0.5, 0.6) is 0 Å². The molecule has 5 heteroatoms. The van der Waals surface area contributed by atoms with Gasteiger partial charge in [0.25, 0.3) is 0 Å². The van der Waals surface area contributed by atoms with Crippen LogP contribution in [0.15, 0.2) is 0 Å². The van der Waals surface area contributed by atoms with E-state index in [-0.39, 0.29) is 12.2 Å². The molecular formula is C8H11FO4. The van der Waals surface area contributed by atoms with Crippen molar-refractivity contribution in [2.24, 2.45) is 5.92 Å². The predicted molar refractivity (Wildman–Crippen MR) is 39.7 cm³/mol. The summed E-state index contributed by atoms with van der Waals surface area (Å²) in [6.07, 6.45) is -2.46. The number of ether oxygens (including phenoxy) is 2. The molecule has 5 atom stereocenters. The number of aliphatic hydroxyl groups is 1. The minimum absolute atomic E-state index is 0.0529. The molecule has 2 rings (SSSR count). The first-order valence-electron chi connectivity index (χ1n) is 4.20. The van der Waals surface area contributed by atoms with Crippen molar-refractivity contribution in [3.05, 3.63) is 0 Å². The molecule has 2 fully saturated rings. The van der Waals surface area contributed by atoms with Crippen molar-refractivity contribution in [2.75, 3.05) is 7.11 Å². The van der Waals surface area contributed by atoms with Gasteiger partial charge in [0.1, 0.15) is 0 Å². The molecule has 2 unspecified atom stereocenters. The molecule has 0 radical (unpaired) electrons. The summed E-state index contributed by atoms with van der Waals surface area (Å²) in [6.45, 7) is 0. The summed E-state index contributed by atoms with van der Waals surface area (Å²) in [5.41, 5.74) is 0. The Morgan fingerprint density at radius 2 is 2.46 bits per heavy atom. The van der Waals surface area contributed by atoms with Crippen LogP contribution < -0.4 is 0 Å². The van der Waals surface area contributed by atoms with Gasteiger partial charge in [0.2, 0.25) is 6.17 Å². The van der Waals surface area contributed by atoms with E-state index in [1.54, 1.807) is 0 Å². The average Bonchev–Trinajstić information content (AvgIpc) is 2.76. The van der Waals surface area contributed by atoms with Crippen LogP contribution in [0.4, 0.5) is 4.39 Å². The van der Waals surface area contributed by atoms with E-state index < -0.39 is 24.2 Å². The van der Waals surface area contributed by atoms with Crippen LogP contribution in [0, 0.1) is 5.92 Å². The van der Waals surface area contributed by atoms with Crippen molar-refractivity contribution in [3.63, 3.8) is 0 Å². The topological polar surface area (TPSA) is 59.1 Å². The highest BCUT2D eigenvalue weighted by Gasteiger charge is 2.59. The molecule has 1 heterocycles. The molecule has 0 aromatic carbocycles. The highest BCUT2D eigenvalue weighted by molar-refractivity contribution is 5.75. The standard InChI is InChI=1S/C8H11FO4/c1-12-8(11)6(9)5-3(10)2-4-7(5)13-4/h3-7,10H,2H2,1H3/t3-,4+,5?,6?,7+/m1/s1. The monoisotopic (exact) mass is 190 g/mol. The summed E-state index contributed by atoms with van der Waals surface area (Å²) in [6, 6.07) is 0. The fraction of sp³-hybridized carbons (Fsp3) is 0.875. The summed E-state index contributed by atoms with van der Waals surface area (Å²) in [7, 11) is 1.13. The van der Waals surface area contributed by atoms with Gasteiger partial charge in [0, 0.05) is 6.42 Å². The van der Waals surface area contributed by atoms with Crippen LogP contribution >= 0.6 is 0 Å². The summed E-state index contributed by atoms with van der Waals surface area (Å²) >= 11 is 0. The maximum Gasteiger partial charge on any atom is 0.340 e. The van der Waals surface area contributed by atoms with Crippen LogP contribution in [-0.4, -0.2) is 42.7 Å². The number of rotatable bonds is 2. The molecule has 0 amide bonds. The second-order valence-corrected chi connectivity index (χ2v) is 3.44. The molecule has 2 aliphatic rings. The lowest BCUT2D eigenvalue weighted by Gasteiger charge is -2.18. The van der Waals surface area contributed by atoms with Crippen LogP contribution in [0.1, 0.15) is 6.42 Å². The first-order chi connectivity index (χ1) is 6.15. The first-order valence-corrected chi connectivity index (χ1v) is 4.20. The van der Waals surface area contributed by atoms with Gasteiger partial charge in [0.15, 0.2) is 0 Å². The lowest BCUT2D eigenvalue weighted by atomic mass is 9.99. The van der Waals surface area contributed by atoms with E-state index in [1.165, 1.54) is 0 Å². The van der Waals surface area contributed by atoms with Crippen LogP contribution in [0.2, 0.25) is 0 Å². The van der Waals surface area contributed by atoms with Gasteiger partial charge in [-0.15, -0.1) is 0 Å². The molecule has 1 saturated carbocycles. The number of carbonyl (C=O) groups excluding carboxylic acids is 1. The summed E-state index contributed by atoms with van der Waals surface area (Å²) in [5, 5.41) is 9.38. The molecule has 0 aromatic heterocycles. The third-order valence-corrected chi connectivity index (χ3v) is 2.68. The predicted octanol–water partition coefficient (Wildman–Crippen LogP) is -0.354. The number of alkyl halides is 1. The Hall–Kier alpha value is -0.680. The highest BCUT2D eigenvalue weighted by atomic mass is 19.1. The molecule has 0 bridgehead atoms. The van der Waals surface area contributed by atoms with E-state index in [0.717, 1.165) is 7.11 Å². The quantitative estimate of drug-likeness (QED) is 0.477. The van der Waals surface area contributed by atoms with E-state index in [0.29, 0.717) is 6.42 Å². The SMILES string of the molecule is COC(=O)C(F)C1[C@H](O)C[C@@H]2O[C@H]12. The Labute approximate surface area is 74.6 Å². The first kappa shape index (κ1) is 8.90. The summed E-state index contributed by atoms with van der Waals surface area (Å²) in [5.74, 6) is -1.67. The number of hydrogen-bond donors (Lipinski definition) is 1. The Balaban J connectivity index is 2.02. The molecule has 4 nitrogen and oxygen atoms in total. The van der Waals surface area contributed by atoms with E-state index >= 15 is 0 Å². The second-order valence-electron chi connectivity index (χ2n) is 3.44. The van der Waals surface area contributed by atoms with E-state index in [2.05, 4.69) is 4.74 Å². The maximum absolute atomic E-state index is 13.3. The molecule has 0 spiro atoms. The van der Waals surface area contributed by atoms with Gasteiger partial charge in [0.05, 0.1) is 31.3 Å². The van der Waals surface area contributed by atoms with Gasteiger partial charge in [-0.3, -0.25) is 0 Å². The number of methoxy groups -OCH3 is 1. The van der Waals surface area contributed by atoms with Gasteiger partial charge in [-0.1, -0.05) is 0 Å². The number of carbonyl (C=O) groups is 1. The summed E-state index contributed by atoms with van der Waals surface area (Å²) in [4.78, 5) is 10.8. The van der Waals surface area contributed by atoms with Crippen molar-refractivity contribution in [3.8, 4) is 0 Å². The van der Waals surface area contributed by atoms with Crippen molar-refractivity contribution in [1.82, 2.24) is 0 Å². The number of halogens is 1. The van der Waals surface area contributed by atoms with E-state index in [9.17, 15) is 14.3 Å². The Morgan fingerprint density at radius 3 is 2.92 bits per heavy atom. The van der Waals surface area contributed by atoms with Crippen molar-refractivity contribution >= 4 is 5.97 Å². The summed E-state index contributed by atoms with van der Waals surface area (Å²) < 4.78 is 22.6. The van der Waals surface area contributed by atoms with Gasteiger partial charge in [-0.2, -0.15) is 0 Å². The minimum atomic E-state index is -1.77. The molecule has 74 valence electrons. The largest absolute Gasteiger partial charge is 0.467 e. The van der Waals surface area contributed by atoms with Crippen LogP contribution in [0.25, 0.3) is 0 Å². The number of aliphatic hydroxyl groups excluding tert-OH is 1. The fourth-order valence-electron chi connectivity index (χ4n) is 1.93. The van der Waals surface area contributed by atoms with Crippen molar-refractivity contribution in [2.45, 2.75) is 30.9 Å². The van der Waals surface area contributed by atoms with Gasteiger partial charge in [-0.25, -0.2) is 9.18 Å². The zero-order chi connectivity index (χ0) is 9.59. The third-order valence-electron chi connectivity index (χ3n) is 2.68. The average molecular weight is 190 g/mol. The molecule has 1 aliphatic heterocycles. The van der Waals surface area contributed by atoms with Gasteiger partial charge >= 0.3 is 5.97 Å². The molecule has 1 aliphatic carbocycles. The van der Waals surface area contributed by atoms with Crippen molar-refractivity contribution < 1.29 is 23.8 Å². The molecular weight excluding hydrogens is 179 g/mol. The molecule has 13 heavy (non-hydrogen) atoms. The fourth-order valence-corrected chi connectivity index (χ4v) is 1.93. The lowest BCUT2D eigenvalue weighted by Crippen LogP contribution is -2.35. The number of epoxide rings is 1. The Bertz CT molecular complexity index is 230.